The second-order valence-corrected chi connectivity index (χ2v) is 7.30. The zero-order valence-corrected chi connectivity index (χ0v) is 13.2. The highest BCUT2D eigenvalue weighted by atomic mass is 16.4. The monoisotopic (exact) mass is 309 g/mol. The third-order valence-corrected chi connectivity index (χ3v) is 6.57. The van der Waals surface area contributed by atoms with Gasteiger partial charge < -0.3 is 14.6 Å². The molecule has 4 nitrogen and oxygen atoms in total. The van der Waals surface area contributed by atoms with Crippen LogP contribution in [0.15, 0.2) is 35.9 Å². The summed E-state index contributed by atoms with van der Waals surface area (Å²) in [6, 6.07) is 8.54. The molecule has 2 fully saturated rings. The minimum absolute atomic E-state index is 0.208. The van der Waals surface area contributed by atoms with Crippen LogP contribution in [0.5, 0.6) is 0 Å². The van der Waals surface area contributed by atoms with Crippen LogP contribution in [-0.2, 0) is 11.2 Å². The number of piperidine rings is 1. The van der Waals surface area contributed by atoms with Crippen molar-refractivity contribution in [3.05, 3.63) is 47.2 Å². The molecule has 0 radical (unpaired) electrons. The van der Waals surface area contributed by atoms with E-state index in [4.69, 9.17) is 0 Å². The fourth-order valence-electron chi connectivity index (χ4n) is 5.69. The van der Waals surface area contributed by atoms with Crippen molar-refractivity contribution in [2.45, 2.75) is 31.8 Å². The molecular weight excluding hydrogens is 288 g/mol. The normalized spacial score (nSPS) is 36.4. The molecule has 3 aliphatic heterocycles. The van der Waals surface area contributed by atoms with E-state index in [-0.39, 0.29) is 12.0 Å². The molecule has 4 atom stereocenters. The number of hydrogen-bond acceptors (Lipinski definition) is 1. The first kappa shape index (κ1) is 13.4. The van der Waals surface area contributed by atoms with Crippen LogP contribution < -0.4 is 0 Å². The second-order valence-electron chi connectivity index (χ2n) is 7.30. The smallest absolute Gasteiger partial charge is 0.363 e. The van der Waals surface area contributed by atoms with Gasteiger partial charge in [-0.2, -0.15) is 0 Å². The molecule has 1 aromatic heterocycles. The minimum atomic E-state index is -0.617. The highest BCUT2D eigenvalue weighted by molar-refractivity contribution is 5.85. The summed E-state index contributed by atoms with van der Waals surface area (Å²) in [6.07, 6.45) is 4.10. The third kappa shape index (κ3) is 1.47. The van der Waals surface area contributed by atoms with Gasteiger partial charge in [0.25, 0.3) is 0 Å². The maximum Gasteiger partial charge on any atom is 0.363 e. The number of quaternary nitrogens is 1. The Morgan fingerprint density at radius 2 is 2.22 bits per heavy atom. The summed E-state index contributed by atoms with van der Waals surface area (Å²) in [7, 11) is 0. The lowest BCUT2D eigenvalue weighted by atomic mass is 9.87. The lowest BCUT2D eigenvalue weighted by molar-refractivity contribution is -0.951. The quantitative estimate of drug-likeness (QED) is 0.628. The van der Waals surface area contributed by atoms with Gasteiger partial charge >= 0.3 is 5.97 Å². The van der Waals surface area contributed by atoms with Gasteiger partial charge in [-0.05, 0) is 24.1 Å². The Hall–Kier alpha value is -2.07. The third-order valence-electron chi connectivity index (χ3n) is 6.57. The van der Waals surface area contributed by atoms with Crippen molar-refractivity contribution in [3.63, 3.8) is 0 Å². The number of rotatable bonds is 1. The Balaban J connectivity index is 1.70. The number of allylic oxidation sites excluding steroid dienone is 1. The van der Waals surface area contributed by atoms with E-state index >= 15 is 0 Å². The van der Waals surface area contributed by atoms with Crippen LogP contribution in [-0.4, -0.2) is 39.7 Å². The number of hydrogen-bond donors (Lipinski definition) is 2. The molecule has 2 N–H and O–H groups in total. The predicted molar refractivity (Wildman–Crippen MR) is 88.0 cm³/mol. The molecule has 2 bridgehead atoms. The molecule has 0 amide bonds. The topological polar surface area (TPSA) is 53.1 Å². The summed E-state index contributed by atoms with van der Waals surface area (Å²) in [6.45, 7) is 3.92. The SMILES string of the molecule is C/C=C1/C[N+]23CCc4c([nH]c5ccccc45)[C@@H]2C[C@H]1C3C(=O)O. The first-order chi connectivity index (χ1) is 11.2. The summed E-state index contributed by atoms with van der Waals surface area (Å²) >= 11 is 0. The number of carboxylic acid groups (broad SMARTS) is 1. The van der Waals surface area contributed by atoms with E-state index in [1.54, 1.807) is 0 Å². The summed E-state index contributed by atoms with van der Waals surface area (Å²) in [5.74, 6) is -0.409. The van der Waals surface area contributed by atoms with Gasteiger partial charge in [0.15, 0.2) is 6.04 Å². The van der Waals surface area contributed by atoms with Crippen LogP contribution in [0.4, 0.5) is 0 Å². The largest absolute Gasteiger partial charge is 0.477 e. The van der Waals surface area contributed by atoms with E-state index in [2.05, 4.69) is 42.2 Å². The number of fused-ring (bicyclic) bond motifs is 5. The van der Waals surface area contributed by atoms with Crippen LogP contribution in [0.1, 0.15) is 30.6 Å². The average molecular weight is 309 g/mol. The number of H-pyrrole nitrogens is 1. The highest BCUT2D eigenvalue weighted by Crippen LogP contribution is 2.58. The molecule has 2 aromatic rings. The maximum absolute atomic E-state index is 12.0. The number of aliphatic carboxylic acids is 1. The first-order valence-corrected chi connectivity index (χ1v) is 8.49. The van der Waals surface area contributed by atoms with Crippen molar-refractivity contribution in [3.8, 4) is 0 Å². The average Bonchev–Trinajstić information content (AvgIpc) is 3.18. The van der Waals surface area contributed by atoms with Crippen molar-refractivity contribution in [2.24, 2.45) is 5.92 Å². The fourth-order valence-corrected chi connectivity index (χ4v) is 5.69. The molecule has 4 heterocycles. The fraction of sp³-hybridized carbons (Fsp3) is 0.421. The standard InChI is InChI=1S/C19H20N2O2/c1-2-11-10-21-8-7-13-12-5-3-4-6-15(12)20-17(13)16(21)9-14(11)18(21)19(22)23/h2-6,14,16,18,20H,7-10H2,1H3/p+1/b11-2-/t14-,16+,18?,21?/m1/s1. The molecule has 4 heteroatoms. The number of para-hydroxylation sites is 1. The minimum Gasteiger partial charge on any atom is -0.477 e. The molecule has 2 unspecified atom stereocenters. The van der Waals surface area contributed by atoms with Gasteiger partial charge in [-0.1, -0.05) is 24.3 Å². The Morgan fingerprint density at radius 3 is 3.00 bits per heavy atom. The van der Waals surface area contributed by atoms with Crippen LogP contribution in [0.25, 0.3) is 10.9 Å². The Bertz CT molecular complexity index is 865. The van der Waals surface area contributed by atoms with E-state index < -0.39 is 5.97 Å². The second kappa shape index (κ2) is 4.26. The number of aromatic amines is 1. The zero-order chi connectivity index (χ0) is 15.8. The van der Waals surface area contributed by atoms with Gasteiger partial charge in [0.05, 0.1) is 18.2 Å². The van der Waals surface area contributed by atoms with Gasteiger partial charge in [-0.15, -0.1) is 0 Å². The number of nitrogens with zero attached hydrogens (tertiary/aromatic N) is 1. The predicted octanol–water partition coefficient (Wildman–Crippen LogP) is 3.01. The van der Waals surface area contributed by atoms with Crippen molar-refractivity contribution < 1.29 is 14.4 Å². The van der Waals surface area contributed by atoms with Crippen LogP contribution >= 0.6 is 0 Å². The number of aromatic nitrogens is 1. The lowest BCUT2D eigenvalue weighted by Gasteiger charge is -2.44. The van der Waals surface area contributed by atoms with Crippen LogP contribution in [0.3, 0.4) is 0 Å². The number of nitrogens with one attached hydrogen (secondary N) is 1. The molecule has 118 valence electrons. The Labute approximate surface area is 135 Å². The summed E-state index contributed by atoms with van der Waals surface area (Å²) in [5.41, 5.74) is 5.28. The van der Waals surface area contributed by atoms with E-state index in [0.717, 1.165) is 30.4 Å². The zero-order valence-electron chi connectivity index (χ0n) is 13.2. The van der Waals surface area contributed by atoms with E-state index in [9.17, 15) is 9.90 Å². The Kier molecular flexibility index (Phi) is 2.48. The molecule has 1 aromatic carbocycles. The highest BCUT2D eigenvalue weighted by Gasteiger charge is 2.66. The van der Waals surface area contributed by atoms with Crippen LogP contribution in [0.2, 0.25) is 0 Å². The van der Waals surface area contributed by atoms with Gasteiger partial charge in [-0.3, -0.25) is 0 Å². The van der Waals surface area contributed by atoms with Crippen molar-refractivity contribution >= 4 is 16.9 Å². The molecule has 0 aliphatic carbocycles. The first-order valence-electron chi connectivity index (χ1n) is 8.49. The molecule has 3 aliphatic rings. The van der Waals surface area contributed by atoms with Gasteiger partial charge in [0.2, 0.25) is 0 Å². The summed E-state index contributed by atoms with van der Waals surface area (Å²) in [4.78, 5) is 15.6. The number of carboxylic acids is 1. The molecule has 0 saturated carbocycles. The lowest BCUT2D eigenvalue weighted by Crippen LogP contribution is -2.57. The number of carbonyl (C=O) groups is 1. The summed E-state index contributed by atoms with van der Waals surface area (Å²) in [5, 5.41) is 11.2. The van der Waals surface area contributed by atoms with Crippen molar-refractivity contribution in [1.82, 2.24) is 4.98 Å². The molecular formula is C19H21N2O2+. The summed E-state index contributed by atoms with van der Waals surface area (Å²) < 4.78 is 0.736. The molecule has 5 rings (SSSR count). The van der Waals surface area contributed by atoms with Crippen molar-refractivity contribution in [2.75, 3.05) is 13.1 Å². The van der Waals surface area contributed by atoms with Gasteiger partial charge in [-0.25, -0.2) is 4.79 Å². The molecule has 23 heavy (non-hydrogen) atoms. The molecule has 2 saturated heterocycles. The van der Waals surface area contributed by atoms with Crippen LogP contribution in [0, 0.1) is 5.92 Å². The van der Waals surface area contributed by atoms with Gasteiger partial charge in [0, 0.05) is 23.7 Å². The van der Waals surface area contributed by atoms with Gasteiger partial charge in [0.1, 0.15) is 12.6 Å². The van der Waals surface area contributed by atoms with Crippen molar-refractivity contribution in [1.29, 1.82) is 0 Å². The number of benzene rings is 1. The van der Waals surface area contributed by atoms with E-state index in [1.807, 2.05) is 0 Å². The Morgan fingerprint density at radius 1 is 1.39 bits per heavy atom. The van der Waals surface area contributed by atoms with E-state index in [0.29, 0.717) is 6.04 Å². The maximum atomic E-state index is 12.0. The van der Waals surface area contributed by atoms with E-state index in [1.165, 1.54) is 27.7 Å². The molecule has 1 spiro atoms.